The summed E-state index contributed by atoms with van der Waals surface area (Å²) >= 11 is 0. The molecule has 0 unspecified atom stereocenters. The molecule has 2 aromatic heterocycles. The molecule has 0 bridgehead atoms. The Labute approximate surface area is 147 Å². The summed E-state index contributed by atoms with van der Waals surface area (Å²) in [6, 6.07) is 3.63. The Balaban J connectivity index is 2.11. The quantitative estimate of drug-likeness (QED) is 0.712. The summed E-state index contributed by atoms with van der Waals surface area (Å²) in [5, 5.41) is 13.0. The maximum atomic E-state index is 14.0. The smallest absolute Gasteiger partial charge is 0.271 e. The molecular formula is C16H12F2N3O4S-. The van der Waals surface area contributed by atoms with Gasteiger partial charge in [-0.05, 0) is 30.2 Å². The molecule has 136 valence electrons. The lowest BCUT2D eigenvalue weighted by atomic mass is 10.1. The summed E-state index contributed by atoms with van der Waals surface area (Å²) in [6.07, 6.45) is 2.79. The molecular weight excluding hydrogens is 368 g/mol. The first-order valence-corrected chi connectivity index (χ1v) is 8.84. The Kier molecular flexibility index (Phi) is 4.60. The van der Waals surface area contributed by atoms with Crippen molar-refractivity contribution in [1.82, 2.24) is 14.3 Å². The predicted octanol–water partition coefficient (Wildman–Crippen LogP) is 1.03. The number of carbonyl (C=O) groups is 1. The fourth-order valence-electron chi connectivity index (χ4n) is 2.60. The Morgan fingerprint density at radius 2 is 2.04 bits per heavy atom. The van der Waals surface area contributed by atoms with Crippen LogP contribution in [0, 0.1) is 11.6 Å². The molecule has 0 fully saturated rings. The topological polar surface area (TPSA) is 104 Å². The van der Waals surface area contributed by atoms with E-state index in [2.05, 4.69) is 10.3 Å². The van der Waals surface area contributed by atoms with Crippen LogP contribution in [0.3, 0.4) is 0 Å². The van der Waals surface area contributed by atoms with Gasteiger partial charge in [-0.1, -0.05) is 0 Å². The van der Waals surface area contributed by atoms with Crippen molar-refractivity contribution in [2.75, 3.05) is 6.54 Å². The number of pyridine rings is 1. The number of halogens is 2. The first-order valence-electron chi connectivity index (χ1n) is 7.40. The fourth-order valence-corrected chi connectivity index (χ4v) is 4.04. The third kappa shape index (κ3) is 3.23. The Morgan fingerprint density at radius 3 is 2.73 bits per heavy atom. The molecule has 3 rings (SSSR count). The normalized spacial score (nSPS) is 11.6. The third-order valence-corrected chi connectivity index (χ3v) is 5.46. The number of hydrogen-bond acceptors (Lipinski definition) is 5. The molecule has 0 aliphatic carbocycles. The summed E-state index contributed by atoms with van der Waals surface area (Å²) in [6.45, 7) is 0.00129. The van der Waals surface area contributed by atoms with E-state index >= 15 is 0 Å². The molecule has 0 aliphatic rings. The number of carbonyl (C=O) groups excluding carboxylic acids is 1. The van der Waals surface area contributed by atoms with Crippen LogP contribution in [0.2, 0.25) is 0 Å². The minimum atomic E-state index is -4.34. The summed E-state index contributed by atoms with van der Waals surface area (Å²) in [7, 11) is -4.34. The summed E-state index contributed by atoms with van der Waals surface area (Å²) < 4.78 is 53.6. The lowest BCUT2D eigenvalue weighted by molar-refractivity contribution is -0.250. The van der Waals surface area contributed by atoms with Crippen LogP contribution >= 0.6 is 0 Å². The minimum Gasteiger partial charge on any atom is -0.530 e. The van der Waals surface area contributed by atoms with Crippen molar-refractivity contribution < 1.29 is 27.1 Å². The highest BCUT2D eigenvalue weighted by Gasteiger charge is 2.24. The highest BCUT2D eigenvalue weighted by Crippen LogP contribution is 2.27. The van der Waals surface area contributed by atoms with Gasteiger partial charge in [0.2, 0.25) is 0 Å². The van der Waals surface area contributed by atoms with Gasteiger partial charge in [0.15, 0.2) is 0 Å². The van der Waals surface area contributed by atoms with Crippen LogP contribution in [-0.4, -0.2) is 30.0 Å². The van der Waals surface area contributed by atoms with Gasteiger partial charge in [0.05, 0.1) is 5.52 Å². The zero-order valence-electron chi connectivity index (χ0n) is 13.1. The molecule has 0 atom stereocenters. The lowest BCUT2D eigenvalue weighted by Gasteiger charge is -2.08. The van der Waals surface area contributed by atoms with E-state index in [1.54, 1.807) is 0 Å². The Hall–Kier alpha value is -3.01. The second-order valence-electron chi connectivity index (χ2n) is 5.39. The molecule has 0 saturated heterocycles. The molecule has 0 spiro atoms. The van der Waals surface area contributed by atoms with Crippen molar-refractivity contribution in [2.45, 2.75) is 11.3 Å². The van der Waals surface area contributed by atoms with Crippen LogP contribution < -0.4 is 10.4 Å². The molecule has 1 amide bonds. The van der Waals surface area contributed by atoms with Gasteiger partial charge in [-0.3, -0.25) is 4.98 Å². The molecule has 0 aliphatic heterocycles. The van der Waals surface area contributed by atoms with Gasteiger partial charge >= 0.3 is 0 Å². The average molecular weight is 380 g/mol. The zero-order chi connectivity index (χ0) is 18.9. The van der Waals surface area contributed by atoms with E-state index in [0.717, 1.165) is 16.1 Å². The summed E-state index contributed by atoms with van der Waals surface area (Å²) in [4.78, 5) is 13.7. The number of nitrogens with zero attached hydrogens (tertiary/aromatic N) is 2. The molecule has 1 N–H and O–H groups in total. The van der Waals surface area contributed by atoms with E-state index < -0.39 is 32.6 Å². The van der Waals surface area contributed by atoms with Gasteiger partial charge in [-0.25, -0.2) is 21.2 Å². The molecule has 2 heterocycles. The van der Waals surface area contributed by atoms with Gasteiger partial charge in [-0.2, -0.15) is 0 Å². The molecule has 7 nitrogen and oxygen atoms in total. The summed E-state index contributed by atoms with van der Waals surface area (Å²) in [5.74, 6) is -2.10. The van der Waals surface area contributed by atoms with E-state index in [4.69, 9.17) is 0 Å². The third-order valence-electron chi connectivity index (χ3n) is 3.75. The standard InChI is InChI=1S/C16H13F2N3O4S/c17-11-1-2-15(13(18)7-11)26(24,25)21-9-10(3-6-20-16(22)23)12-8-19-5-4-14(12)21/h1-2,4-5,7-9,20H,3,6H2,(H,22,23)/p-1. The van der Waals surface area contributed by atoms with Crippen LogP contribution in [0.4, 0.5) is 13.6 Å². The van der Waals surface area contributed by atoms with Crippen molar-refractivity contribution in [3.05, 3.63) is 60.1 Å². The monoisotopic (exact) mass is 380 g/mol. The lowest BCUT2D eigenvalue weighted by Crippen LogP contribution is -2.37. The first kappa shape index (κ1) is 17.8. The Morgan fingerprint density at radius 1 is 1.27 bits per heavy atom. The van der Waals surface area contributed by atoms with Crippen molar-refractivity contribution in [2.24, 2.45) is 0 Å². The largest absolute Gasteiger partial charge is 0.530 e. The van der Waals surface area contributed by atoms with Crippen LogP contribution in [0.15, 0.2) is 47.8 Å². The van der Waals surface area contributed by atoms with E-state index in [1.807, 2.05) is 0 Å². The molecule has 0 saturated carbocycles. The van der Waals surface area contributed by atoms with Gasteiger partial charge in [0, 0.05) is 36.6 Å². The number of hydrogen-bond donors (Lipinski definition) is 1. The van der Waals surface area contributed by atoms with Crippen molar-refractivity contribution in [1.29, 1.82) is 0 Å². The van der Waals surface area contributed by atoms with E-state index in [1.165, 1.54) is 24.7 Å². The molecule has 3 aromatic rings. The number of fused-ring (bicyclic) bond motifs is 1. The van der Waals surface area contributed by atoms with Crippen LogP contribution in [0.25, 0.3) is 10.9 Å². The van der Waals surface area contributed by atoms with Gasteiger partial charge < -0.3 is 15.2 Å². The van der Waals surface area contributed by atoms with Gasteiger partial charge in [-0.15, -0.1) is 0 Å². The van der Waals surface area contributed by atoms with E-state index in [9.17, 15) is 27.1 Å². The number of carboxylic acid groups (broad SMARTS) is 1. The van der Waals surface area contributed by atoms with Crippen LogP contribution in [0.1, 0.15) is 5.56 Å². The maximum absolute atomic E-state index is 14.0. The number of rotatable bonds is 5. The second kappa shape index (κ2) is 6.71. The minimum absolute atomic E-state index is 0.00129. The summed E-state index contributed by atoms with van der Waals surface area (Å²) in [5.41, 5.74) is 0.736. The van der Waals surface area contributed by atoms with E-state index in [0.29, 0.717) is 17.0 Å². The van der Waals surface area contributed by atoms with Gasteiger partial charge in [0.25, 0.3) is 10.0 Å². The zero-order valence-corrected chi connectivity index (χ0v) is 14.0. The molecule has 26 heavy (non-hydrogen) atoms. The second-order valence-corrected chi connectivity index (χ2v) is 7.17. The van der Waals surface area contributed by atoms with Crippen LogP contribution in [0.5, 0.6) is 0 Å². The maximum Gasteiger partial charge on any atom is 0.271 e. The molecule has 1 aromatic carbocycles. The predicted molar refractivity (Wildman–Crippen MR) is 85.8 cm³/mol. The average Bonchev–Trinajstić information content (AvgIpc) is 2.94. The van der Waals surface area contributed by atoms with Gasteiger partial charge in [0.1, 0.15) is 22.6 Å². The number of amides is 1. The molecule has 0 radical (unpaired) electrons. The highest BCUT2D eigenvalue weighted by atomic mass is 32.2. The first-order chi connectivity index (χ1) is 12.3. The van der Waals surface area contributed by atoms with Crippen molar-refractivity contribution in [3.8, 4) is 0 Å². The van der Waals surface area contributed by atoms with E-state index in [-0.39, 0.29) is 18.5 Å². The van der Waals surface area contributed by atoms with Crippen molar-refractivity contribution in [3.63, 3.8) is 0 Å². The molecule has 10 heteroatoms. The van der Waals surface area contributed by atoms with Crippen LogP contribution in [-0.2, 0) is 16.4 Å². The van der Waals surface area contributed by atoms with Crippen molar-refractivity contribution >= 4 is 27.0 Å². The number of nitrogens with one attached hydrogen (secondary N) is 1. The number of aromatic nitrogens is 2. The highest BCUT2D eigenvalue weighted by molar-refractivity contribution is 7.90. The fraction of sp³-hybridized carbons (Fsp3) is 0.125. The Bertz CT molecular complexity index is 1100. The number of benzene rings is 1. The SMILES string of the molecule is O=C([O-])NCCc1cn(S(=O)(=O)c2ccc(F)cc2F)c2ccncc12.